The van der Waals surface area contributed by atoms with E-state index in [2.05, 4.69) is 67.8 Å². The molecule has 0 bridgehead atoms. The van der Waals surface area contributed by atoms with Gasteiger partial charge in [-0.15, -0.1) is 0 Å². The minimum absolute atomic E-state index is 0.00556. The number of carbonyl (C=O) groups is 2. The maximum atomic E-state index is 12.5. The number of ether oxygens (including phenoxy) is 1. The van der Waals surface area contributed by atoms with Crippen LogP contribution in [0.4, 0.5) is 0 Å². The Labute approximate surface area is 467 Å². The molecule has 6 heteroatoms. The third-order valence-corrected chi connectivity index (χ3v) is 15.0. The molecule has 0 aliphatic heterocycles. The number of hydrogen-bond donors (Lipinski definition) is 3. The Bertz CT molecular complexity index is 1300. The lowest BCUT2D eigenvalue weighted by molar-refractivity contribution is -0.143. The van der Waals surface area contributed by atoms with E-state index in [1.54, 1.807) is 6.08 Å². The van der Waals surface area contributed by atoms with Crippen molar-refractivity contribution >= 4 is 11.9 Å². The van der Waals surface area contributed by atoms with E-state index in [0.29, 0.717) is 19.4 Å². The molecule has 0 aromatic rings. The molecule has 2 atom stereocenters. The normalized spacial score (nSPS) is 13.0. The number of amides is 1. The molecular formula is C69H127NO5. The number of aliphatic hydroxyl groups excluding tert-OH is 2. The van der Waals surface area contributed by atoms with E-state index in [1.807, 2.05) is 6.08 Å². The fourth-order valence-electron chi connectivity index (χ4n) is 9.94. The van der Waals surface area contributed by atoms with E-state index in [-0.39, 0.29) is 18.5 Å². The minimum atomic E-state index is -0.848. The van der Waals surface area contributed by atoms with Crippen molar-refractivity contribution in [2.24, 2.45) is 0 Å². The molecule has 1 amide bonds. The summed E-state index contributed by atoms with van der Waals surface area (Å²) in [6.45, 7) is 4.84. The second kappa shape index (κ2) is 64.1. The van der Waals surface area contributed by atoms with Crippen molar-refractivity contribution in [2.75, 3.05) is 13.2 Å². The zero-order valence-corrected chi connectivity index (χ0v) is 50.0. The molecule has 2 unspecified atom stereocenters. The van der Waals surface area contributed by atoms with Crippen LogP contribution < -0.4 is 5.32 Å². The van der Waals surface area contributed by atoms with Crippen LogP contribution in [0.5, 0.6) is 0 Å². The number of rotatable bonds is 61. The highest BCUT2D eigenvalue weighted by atomic mass is 16.5. The lowest BCUT2D eigenvalue weighted by Crippen LogP contribution is -2.45. The molecule has 0 saturated heterocycles. The van der Waals surface area contributed by atoms with Gasteiger partial charge in [0.15, 0.2) is 0 Å². The van der Waals surface area contributed by atoms with Crippen LogP contribution >= 0.6 is 0 Å². The van der Waals surface area contributed by atoms with E-state index >= 15 is 0 Å². The highest BCUT2D eigenvalue weighted by Crippen LogP contribution is 2.17. The van der Waals surface area contributed by atoms with Crippen molar-refractivity contribution in [3.63, 3.8) is 0 Å². The monoisotopic (exact) mass is 1050 g/mol. The fourth-order valence-corrected chi connectivity index (χ4v) is 9.94. The van der Waals surface area contributed by atoms with E-state index in [9.17, 15) is 19.8 Å². The Morgan fingerprint density at radius 1 is 0.373 bits per heavy atom. The van der Waals surface area contributed by atoms with Gasteiger partial charge in [0, 0.05) is 12.8 Å². The molecule has 0 aliphatic rings. The second-order valence-corrected chi connectivity index (χ2v) is 22.4. The highest BCUT2D eigenvalue weighted by Gasteiger charge is 2.18. The van der Waals surface area contributed by atoms with Gasteiger partial charge < -0.3 is 20.3 Å². The van der Waals surface area contributed by atoms with E-state index in [4.69, 9.17) is 4.74 Å². The number of unbranched alkanes of at least 4 members (excludes halogenated alkanes) is 42. The number of esters is 1. The molecule has 0 heterocycles. The summed E-state index contributed by atoms with van der Waals surface area (Å²) in [5.74, 6) is -0.0752. The van der Waals surface area contributed by atoms with Crippen LogP contribution in [0.1, 0.15) is 341 Å². The van der Waals surface area contributed by atoms with Crippen LogP contribution in [0.15, 0.2) is 60.8 Å². The average molecular weight is 1050 g/mol. The molecule has 75 heavy (non-hydrogen) atoms. The molecule has 0 radical (unpaired) electrons. The summed E-state index contributed by atoms with van der Waals surface area (Å²) < 4.78 is 5.47. The van der Waals surface area contributed by atoms with Gasteiger partial charge in [-0.05, 0) is 89.9 Å². The molecule has 0 saturated carbocycles. The lowest BCUT2D eigenvalue weighted by atomic mass is 10.0. The van der Waals surface area contributed by atoms with Crippen molar-refractivity contribution < 1.29 is 24.5 Å². The predicted molar refractivity (Wildman–Crippen MR) is 328 cm³/mol. The van der Waals surface area contributed by atoms with Crippen molar-refractivity contribution in [3.8, 4) is 0 Å². The first-order valence-electron chi connectivity index (χ1n) is 33.1. The molecule has 0 spiro atoms. The SMILES string of the molecule is CCC/C=C\C/C=C\CCCCCCCC(=O)OCCCCCCCCCCC/C=C\C/C=C\CCCCCCCCCCCCCC(=O)NC(CO)C(O)/C=C/CCCCCCCCCCCCCCCCCC. The highest BCUT2D eigenvalue weighted by molar-refractivity contribution is 5.76. The number of carbonyl (C=O) groups excluding carboxylic acids is 2. The summed E-state index contributed by atoms with van der Waals surface area (Å²) in [5.41, 5.74) is 0. The van der Waals surface area contributed by atoms with Crippen molar-refractivity contribution in [1.82, 2.24) is 5.32 Å². The van der Waals surface area contributed by atoms with E-state index in [0.717, 1.165) is 57.8 Å². The Hall–Kier alpha value is -2.44. The van der Waals surface area contributed by atoms with Crippen LogP contribution in [0.2, 0.25) is 0 Å². The predicted octanol–water partition coefficient (Wildman–Crippen LogP) is 21.1. The molecule has 6 nitrogen and oxygen atoms in total. The van der Waals surface area contributed by atoms with Gasteiger partial charge in [-0.2, -0.15) is 0 Å². The number of allylic oxidation sites excluding steroid dienone is 9. The Morgan fingerprint density at radius 2 is 0.693 bits per heavy atom. The van der Waals surface area contributed by atoms with Crippen molar-refractivity contribution in [2.45, 2.75) is 353 Å². The molecular weight excluding hydrogens is 923 g/mol. The van der Waals surface area contributed by atoms with Gasteiger partial charge in [0.25, 0.3) is 0 Å². The Kier molecular flexibility index (Phi) is 62.0. The average Bonchev–Trinajstić information content (AvgIpc) is 3.41. The molecule has 0 fully saturated rings. The Morgan fingerprint density at radius 3 is 1.07 bits per heavy atom. The van der Waals surface area contributed by atoms with E-state index in [1.165, 1.54) is 257 Å². The van der Waals surface area contributed by atoms with E-state index < -0.39 is 12.1 Å². The summed E-state index contributed by atoms with van der Waals surface area (Å²) in [6, 6.07) is -0.632. The topological polar surface area (TPSA) is 95.9 Å². The maximum absolute atomic E-state index is 12.5. The summed E-state index contributed by atoms with van der Waals surface area (Å²) in [4.78, 5) is 24.5. The van der Waals surface area contributed by atoms with Crippen LogP contribution in [0, 0.1) is 0 Å². The second-order valence-electron chi connectivity index (χ2n) is 22.4. The van der Waals surface area contributed by atoms with Crippen molar-refractivity contribution in [3.05, 3.63) is 60.8 Å². The van der Waals surface area contributed by atoms with Crippen LogP contribution in [-0.2, 0) is 14.3 Å². The summed E-state index contributed by atoms with van der Waals surface area (Å²) in [5, 5.41) is 23.2. The molecule has 438 valence electrons. The molecule has 0 rings (SSSR count). The lowest BCUT2D eigenvalue weighted by Gasteiger charge is -2.20. The van der Waals surface area contributed by atoms with Crippen LogP contribution in [-0.4, -0.2) is 47.4 Å². The molecule has 3 N–H and O–H groups in total. The first-order chi connectivity index (χ1) is 37.0. The van der Waals surface area contributed by atoms with Gasteiger partial charge in [0.1, 0.15) is 0 Å². The maximum Gasteiger partial charge on any atom is 0.305 e. The minimum Gasteiger partial charge on any atom is -0.466 e. The van der Waals surface area contributed by atoms with Gasteiger partial charge in [-0.1, -0.05) is 299 Å². The standard InChI is InChI=1S/C69H127NO5/c1-3-5-7-9-11-13-15-17-18-19-31-34-38-41-45-49-53-57-61-67(72)66(65-71)70-68(73)62-58-54-50-46-42-39-35-32-29-27-25-23-21-20-22-24-26-28-30-33-36-40-44-48-52-56-60-64-75-69(74)63-59-55-51-47-43-37-16-14-12-10-8-6-4-2/h8,10,14,16,20-21,24,26,57,61,66-67,71-72H,3-7,9,11-13,15,17-19,22-23,25,27-56,58-60,62-65H2,1-2H3,(H,70,73)/b10-8-,16-14-,21-20-,26-24-,61-57+. The molecule has 0 aromatic carbocycles. The summed E-state index contributed by atoms with van der Waals surface area (Å²) in [6.07, 6.45) is 84.2. The fraction of sp³-hybridized carbons (Fsp3) is 0.826. The first kappa shape index (κ1) is 72.6. The number of hydrogen-bond acceptors (Lipinski definition) is 5. The summed E-state index contributed by atoms with van der Waals surface area (Å²) in [7, 11) is 0. The van der Waals surface area contributed by atoms with Gasteiger partial charge >= 0.3 is 5.97 Å². The Balaban J connectivity index is 3.46. The van der Waals surface area contributed by atoms with Gasteiger partial charge in [0.2, 0.25) is 5.91 Å². The smallest absolute Gasteiger partial charge is 0.305 e. The largest absolute Gasteiger partial charge is 0.466 e. The van der Waals surface area contributed by atoms with Crippen LogP contribution in [0.3, 0.4) is 0 Å². The zero-order valence-electron chi connectivity index (χ0n) is 50.0. The number of nitrogens with one attached hydrogen (secondary N) is 1. The van der Waals surface area contributed by atoms with Gasteiger partial charge in [-0.3, -0.25) is 9.59 Å². The third kappa shape index (κ3) is 60.6. The third-order valence-electron chi connectivity index (χ3n) is 15.0. The molecule has 0 aromatic heterocycles. The zero-order chi connectivity index (χ0) is 54.3. The first-order valence-corrected chi connectivity index (χ1v) is 33.1. The quantitative estimate of drug-likeness (QED) is 0.0320. The van der Waals surface area contributed by atoms with Crippen molar-refractivity contribution in [1.29, 1.82) is 0 Å². The number of aliphatic hydroxyl groups is 2. The molecule has 0 aliphatic carbocycles. The van der Waals surface area contributed by atoms with Gasteiger partial charge in [0.05, 0.1) is 25.4 Å². The van der Waals surface area contributed by atoms with Gasteiger partial charge in [-0.25, -0.2) is 0 Å². The summed E-state index contributed by atoms with van der Waals surface area (Å²) >= 11 is 0. The van der Waals surface area contributed by atoms with Crippen LogP contribution in [0.25, 0.3) is 0 Å².